The maximum atomic E-state index is 12.3. The van der Waals surface area contributed by atoms with E-state index in [0.29, 0.717) is 12.8 Å². The number of ether oxygens (including phenoxy) is 2. The summed E-state index contributed by atoms with van der Waals surface area (Å²) in [5.74, 6) is -0.567. The minimum absolute atomic E-state index is 0.0569. The highest BCUT2D eigenvalue weighted by Crippen LogP contribution is 2.19. The first kappa shape index (κ1) is 67.6. The predicted molar refractivity (Wildman–Crippen MR) is 302 cm³/mol. The Bertz CT molecular complexity index is 1010. The molecule has 1 atom stereocenters. The van der Waals surface area contributed by atoms with E-state index in [4.69, 9.17) is 9.47 Å². The van der Waals surface area contributed by atoms with Gasteiger partial charge in [0.1, 0.15) is 6.61 Å². The molecule has 0 aromatic carbocycles. The summed E-state index contributed by atoms with van der Waals surface area (Å²) in [5, 5.41) is 9.64. The van der Waals surface area contributed by atoms with Crippen molar-refractivity contribution >= 4 is 11.9 Å². The standard InChI is InChI=1S/C64H124O5/c1-3-5-7-9-11-13-15-17-19-20-21-22-23-24-25-26-27-28-29-30-31-32-33-34-35-36-37-38-39-40-41-42-43-44-45-47-49-51-53-55-57-59-64(67)69-62(60-65)61-68-63(66)58-56-54-52-50-48-46-18-16-14-12-10-8-6-4-2/h20-21,62,65H,3-19,22-61H2,1-2H3/b21-20-. The minimum atomic E-state index is -0.764. The van der Waals surface area contributed by atoms with Gasteiger partial charge in [0.25, 0.3) is 0 Å². The van der Waals surface area contributed by atoms with E-state index < -0.39 is 6.10 Å². The summed E-state index contributed by atoms with van der Waals surface area (Å²) >= 11 is 0. The van der Waals surface area contributed by atoms with Gasteiger partial charge in [0.15, 0.2) is 6.10 Å². The normalized spacial score (nSPS) is 12.1. The second kappa shape index (κ2) is 60.9. The number of hydrogen-bond donors (Lipinski definition) is 1. The molecule has 410 valence electrons. The van der Waals surface area contributed by atoms with Gasteiger partial charge in [-0.3, -0.25) is 9.59 Å². The predicted octanol–water partition coefficient (Wildman–Crippen LogP) is 21.5. The molecule has 0 spiro atoms. The Kier molecular flexibility index (Phi) is 59.7. The zero-order valence-electron chi connectivity index (χ0n) is 47.1. The molecule has 0 aliphatic rings. The van der Waals surface area contributed by atoms with Gasteiger partial charge in [-0.15, -0.1) is 0 Å². The Hall–Kier alpha value is -1.36. The van der Waals surface area contributed by atoms with Crippen molar-refractivity contribution in [2.24, 2.45) is 0 Å². The van der Waals surface area contributed by atoms with Gasteiger partial charge in [0.05, 0.1) is 6.61 Å². The molecular weight excluding hydrogens is 849 g/mol. The molecular formula is C64H124O5. The van der Waals surface area contributed by atoms with Crippen LogP contribution in [0.1, 0.15) is 367 Å². The molecule has 0 aliphatic carbocycles. The number of esters is 2. The molecule has 0 saturated heterocycles. The molecule has 69 heavy (non-hydrogen) atoms. The number of hydrogen-bond acceptors (Lipinski definition) is 5. The monoisotopic (exact) mass is 973 g/mol. The molecule has 0 aromatic heterocycles. The van der Waals surface area contributed by atoms with Gasteiger partial charge >= 0.3 is 11.9 Å². The highest BCUT2D eigenvalue weighted by molar-refractivity contribution is 5.70. The highest BCUT2D eigenvalue weighted by atomic mass is 16.6. The summed E-state index contributed by atoms with van der Waals surface area (Å²) in [6, 6.07) is 0. The molecule has 0 heterocycles. The lowest BCUT2D eigenvalue weighted by molar-refractivity contribution is -0.161. The third-order valence-electron chi connectivity index (χ3n) is 14.8. The largest absolute Gasteiger partial charge is 0.462 e. The molecule has 5 nitrogen and oxygen atoms in total. The summed E-state index contributed by atoms with van der Waals surface area (Å²) in [6.45, 7) is 4.19. The SMILES string of the molecule is CCCCCCCCCC/C=C\CCCCCCCCCCCCCCCCCCCCCCCCCCCCCCCC(=O)OC(CO)COC(=O)CCCCCCCCCCCCCCCC. The Morgan fingerprint density at radius 2 is 0.536 bits per heavy atom. The van der Waals surface area contributed by atoms with Crippen LogP contribution < -0.4 is 0 Å². The van der Waals surface area contributed by atoms with Crippen molar-refractivity contribution in [3.8, 4) is 0 Å². The zero-order chi connectivity index (χ0) is 49.9. The molecule has 0 amide bonds. The summed E-state index contributed by atoms with van der Waals surface area (Å²) in [4.78, 5) is 24.5. The van der Waals surface area contributed by atoms with E-state index in [1.807, 2.05) is 0 Å². The lowest BCUT2D eigenvalue weighted by atomic mass is 10.0. The lowest BCUT2D eigenvalue weighted by Crippen LogP contribution is -2.28. The minimum Gasteiger partial charge on any atom is -0.462 e. The van der Waals surface area contributed by atoms with Crippen LogP contribution in [-0.2, 0) is 19.1 Å². The molecule has 0 radical (unpaired) electrons. The number of carbonyl (C=O) groups excluding carboxylic acids is 2. The molecule has 5 heteroatoms. The Labute approximate surface area is 432 Å². The van der Waals surface area contributed by atoms with E-state index in [-0.39, 0.29) is 25.2 Å². The molecule has 1 N–H and O–H groups in total. The van der Waals surface area contributed by atoms with Crippen LogP contribution in [0.5, 0.6) is 0 Å². The molecule has 0 aromatic rings. The fraction of sp³-hybridized carbons (Fsp3) is 0.938. The molecule has 0 rings (SSSR count). The van der Waals surface area contributed by atoms with Gasteiger partial charge in [0.2, 0.25) is 0 Å². The Morgan fingerprint density at radius 1 is 0.319 bits per heavy atom. The van der Waals surface area contributed by atoms with Crippen LogP contribution in [0.25, 0.3) is 0 Å². The quantitative estimate of drug-likeness (QED) is 0.0373. The van der Waals surface area contributed by atoms with E-state index >= 15 is 0 Å². The Balaban J connectivity index is 3.32. The van der Waals surface area contributed by atoms with Crippen molar-refractivity contribution in [1.29, 1.82) is 0 Å². The van der Waals surface area contributed by atoms with E-state index in [9.17, 15) is 14.7 Å². The van der Waals surface area contributed by atoms with E-state index in [2.05, 4.69) is 26.0 Å². The van der Waals surface area contributed by atoms with Crippen LogP contribution >= 0.6 is 0 Å². The molecule has 0 bridgehead atoms. The number of aliphatic hydroxyl groups excluding tert-OH is 1. The van der Waals surface area contributed by atoms with Crippen LogP contribution in [0.2, 0.25) is 0 Å². The average Bonchev–Trinajstić information content (AvgIpc) is 3.35. The summed E-state index contributed by atoms with van der Waals surface area (Å²) in [5.41, 5.74) is 0. The molecule has 0 aliphatic heterocycles. The van der Waals surface area contributed by atoms with Crippen molar-refractivity contribution < 1.29 is 24.2 Å². The number of carbonyl (C=O) groups is 2. The van der Waals surface area contributed by atoms with Crippen molar-refractivity contribution in [3.05, 3.63) is 12.2 Å². The zero-order valence-corrected chi connectivity index (χ0v) is 47.1. The van der Waals surface area contributed by atoms with Gasteiger partial charge < -0.3 is 14.6 Å². The first-order valence-corrected chi connectivity index (χ1v) is 31.7. The topological polar surface area (TPSA) is 72.8 Å². The lowest BCUT2D eigenvalue weighted by Gasteiger charge is -2.15. The van der Waals surface area contributed by atoms with Crippen molar-refractivity contribution in [3.63, 3.8) is 0 Å². The van der Waals surface area contributed by atoms with E-state index in [1.165, 1.54) is 308 Å². The maximum Gasteiger partial charge on any atom is 0.306 e. The number of aliphatic hydroxyl groups is 1. The van der Waals surface area contributed by atoms with Crippen molar-refractivity contribution in [2.75, 3.05) is 13.2 Å². The van der Waals surface area contributed by atoms with Crippen molar-refractivity contribution in [2.45, 2.75) is 373 Å². The van der Waals surface area contributed by atoms with E-state index in [0.717, 1.165) is 32.1 Å². The fourth-order valence-corrected chi connectivity index (χ4v) is 10.0. The molecule has 0 saturated carbocycles. The first-order valence-electron chi connectivity index (χ1n) is 31.7. The van der Waals surface area contributed by atoms with Crippen LogP contribution in [0, 0.1) is 0 Å². The van der Waals surface area contributed by atoms with Gasteiger partial charge in [0, 0.05) is 12.8 Å². The summed E-state index contributed by atoms with van der Waals surface area (Å²) in [6.07, 6.45) is 76.7. The Morgan fingerprint density at radius 3 is 0.783 bits per heavy atom. The number of unbranched alkanes of at least 4 members (excludes halogenated alkanes) is 50. The van der Waals surface area contributed by atoms with E-state index in [1.54, 1.807) is 0 Å². The number of rotatable bonds is 60. The van der Waals surface area contributed by atoms with Gasteiger partial charge in [-0.05, 0) is 38.5 Å². The molecule has 1 unspecified atom stereocenters. The average molecular weight is 974 g/mol. The second-order valence-corrected chi connectivity index (χ2v) is 21.9. The van der Waals surface area contributed by atoms with Gasteiger partial charge in [-0.2, -0.15) is 0 Å². The molecule has 0 fully saturated rings. The smallest absolute Gasteiger partial charge is 0.306 e. The summed E-state index contributed by atoms with van der Waals surface area (Å²) < 4.78 is 10.7. The first-order chi connectivity index (χ1) is 34.1. The van der Waals surface area contributed by atoms with Crippen LogP contribution in [-0.4, -0.2) is 36.4 Å². The van der Waals surface area contributed by atoms with Gasteiger partial charge in [-0.1, -0.05) is 328 Å². The summed E-state index contributed by atoms with van der Waals surface area (Å²) in [7, 11) is 0. The second-order valence-electron chi connectivity index (χ2n) is 21.9. The van der Waals surface area contributed by atoms with Gasteiger partial charge in [-0.25, -0.2) is 0 Å². The van der Waals surface area contributed by atoms with Crippen LogP contribution in [0.3, 0.4) is 0 Å². The van der Waals surface area contributed by atoms with Crippen molar-refractivity contribution in [1.82, 2.24) is 0 Å². The van der Waals surface area contributed by atoms with Crippen LogP contribution in [0.4, 0.5) is 0 Å². The third-order valence-corrected chi connectivity index (χ3v) is 14.8. The third kappa shape index (κ3) is 59.1. The highest BCUT2D eigenvalue weighted by Gasteiger charge is 2.16. The number of allylic oxidation sites excluding steroid dienone is 2. The maximum absolute atomic E-state index is 12.3. The van der Waals surface area contributed by atoms with Crippen LogP contribution in [0.15, 0.2) is 12.2 Å². The fourth-order valence-electron chi connectivity index (χ4n) is 10.0.